The summed E-state index contributed by atoms with van der Waals surface area (Å²) in [5.41, 5.74) is -1.13. The minimum Gasteiger partial charge on any atom is -0.480 e. The fraction of sp³-hybridized carbons (Fsp3) is 0.500. The molecule has 0 aliphatic rings. The van der Waals surface area contributed by atoms with Crippen LogP contribution in [-0.2, 0) is 17.5 Å². The number of hydrogen-bond acceptors (Lipinski definition) is 2. The first-order chi connectivity index (χ1) is 9.09. The maximum atomic E-state index is 12.5. The number of likely N-dealkylation sites (N-methyl/N-ethyl adjacent to an activating group) is 1. The number of rotatable bonds is 5. The third-order valence-electron chi connectivity index (χ3n) is 3.35. The van der Waals surface area contributed by atoms with Crippen LogP contribution in [0, 0.1) is 0 Å². The summed E-state index contributed by atoms with van der Waals surface area (Å²) in [4.78, 5) is 12.9. The summed E-state index contributed by atoms with van der Waals surface area (Å²) in [5, 5.41) is 9.18. The number of carbonyl (C=O) groups is 1. The number of carboxylic acid groups (broad SMARTS) is 1. The molecule has 1 N–H and O–H groups in total. The highest BCUT2D eigenvalue weighted by molar-refractivity contribution is 5.77. The zero-order chi connectivity index (χ0) is 15.6. The molecule has 1 rings (SSSR count). The molecule has 0 bridgehead atoms. The molecule has 0 spiro atoms. The van der Waals surface area contributed by atoms with Crippen molar-refractivity contribution in [2.24, 2.45) is 0 Å². The molecule has 0 radical (unpaired) electrons. The topological polar surface area (TPSA) is 40.5 Å². The average Bonchev–Trinajstić information content (AvgIpc) is 2.35. The van der Waals surface area contributed by atoms with Crippen molar-refractivity contribution in [2.75, 3.05) is 6.54 Å². The number of carboxylic acids is 1. The Morgan fingerprint density at radius 1 is 1.20 bits per heavy atom. The summed E-state index contributed by atoms with van der Waals surface area (Å²) in [6, 6.07) is 4.78. The van der Waals surface area contributed by atoms with Gasteiger partial charge in [-0.1, -0.05) is 19.1 Å². The fourth-order valence-corrected chi connectivity index (χ4v) is 1.86. The van der Waals surface area contributed by atoms with E-state index in [1.807, 2.05) is 6.92 Å². The lowest BCUT2D eigenvalue weighted by Crippen LogP contribution is -2.49. The molecule has 0 fully saturated rings. The number of halogens is 3. The summed E-state index contributed by atoms with van der Waals surface area (Å²) in [6.45, 7) is 5.73. The zero-order valence-electron chi connectivity index (χ0n) is 11.7. The van der Waals surface area contributed by atoms with Gasteiger partial charge < -0.3 is 5.11 Å². The van der Waals surface area contributed by atoms with E-state index >= 15 is 0 Å². The lowest BCUT2D eigenvalue weighted by molar-refractivity contribution is -0.149. The zero-order valence-corrected chi connectivity index (χ0v) is 11.7. The first-order valence-corrected chi connectivity index (χ1v) is 6.23. The lowest BCUT2D eigenvalue weighted by atomic mass is 10.0. The van der Waals surface area contributed by atoms with Gasteiger partial charge in [-0.05, 0) is 38.1 Å². The van der Waals surface area contributed by atoms with Crippen molar-refractivity contribution in [3.05, 3.63) is 35.4 Å². The molecule has 0 saturated carbocycles. The van der Waals surface area contributed by atoms with Crippen LogP contribution in [0.4, 0.5) is 13.2 Å². The van der Waals surface area contributed by atoms with Crippen molar-refractivity contribution in [1.82, 2.24) is 4.90 Å². The van der Waals surface area contributed by atoms with E-state index in [2.05, 4.69) is 0 Å². The van der Waals surface area contributed by atoms with E-state index < -0.39 is 23.2 Å². The maximum Gasteiger partial charge on any atom is 0.416 e. The van der Waals surface area contributed by atoms with Gasteiger partial charge in [-0.25, -0.2) is 0 Å². The molecule has 0 saturated heterocycles. The van der Waals surface area contributed by atoms with Crippen LogP contribution in [-0.4, -0.2) is 28.1 Å². The fourth-order valence-electron chi connectivity index (χ4n) is 1.86. The van der Waals surface area contributed by atoms with Crippen molar-refractivity contribution in [1.29, 1.82) is 0 Å². The lowest BCUT2D eigenvalue weighted by Gasteiger charge is -2.34. The third-order valence-corrected chi connectivity index (χ3v) is 3.35. The molecule has 6 heteroatoms. The number of aliphatic carboxylic acids is 1. The van der Waals surface area contributed by atoms with E-state index in [0.717, 1.165) is 12.1 Å². The molecule has 0 unspecified atom stereocenters. The molecule has 1 aromatic carbocycles. The minimum absolute atomic E-state index is 0.286. The number of benzene rings is 1. The van der Waals surface area contributed by atoms with Crippen LogP contribution in [0.15, 0.2) is 24.3 Å². The quantitative estimate of drug-likeness (QED) is 0.903. The average molecular weight is 289 g/mol. The number of hydrogen-bond donors (Lipinski definition) is 1. The van der Waals surface area contributed by atoms with Crippen molar-refractivity contribution in [2.45, 2.75) is 39.0 Å². The standard InChI is InChI=1S/C14H18F3NO2/c1-4-18(13(2,3)12(19)20)9-10-5-7-11(8-6-10)14(15,16)17/h5-8H,4,9H2,1-3H3,(H,19,20). The summed E-state index contributed by atoms with van der Waals surface area (Å²) in [5.74, 6) is -0.966. The molecule has 0 heterocycles. The minimum atomic E-state index is -4.36. The molecule has 20 heavy (non-hydrogen) atoms. The Morgan fingerprint density at radius 3 is 2.05 bits per heavy atom. The molecule has 0 amide bonds. The predicted molar refractivity (Wildman–Crippen MR) is 69.2 cm³/mol. The van der Waals surface area contributed by atoms with Crippen LogP contribution in [0.3, 0.4) is 0 Å². The number of nitrogens with zero attached hydrogens (tertiary/aromatic N) is 1. The van der Waals surface area contributed by atoms with Crippen LogP contribution >= 0.6 is 0 Å². The van der Waals surface area contributed by atoms with Gasteiger partial charge in [0.2, 0.25) is 0 Å². The van der Waals surface area contributed by atoms with Gasteiger partial charge in [0.05, 0.1) is 5.56 Å². The van der Waals surface area contributed by atoms with E-state index in [4.69, 9.17) is 0 Å². The highest BCUT2D eigenvalue weighted by atomic mass is 19.4. The Morgan fingerprint density at radius 2 is 1.70 bits per heavy atom. The monoisotopic (exact) mass is 289 g/mol. The molecule has 0 aliphatic carbocycles. The van der Waals surface area contributed by atoms with Gasteiger partial charge in [-0.2, -0.15) is 13.2 Å². The second-order valence-corrected chi connectivity index (χ2v) is 5.07. The molecular formula is C14H18F3NO2. The van der Waals surface area contributed by atoms with Crippen molar-refractivity contribution < 1.29 is 23.1 Å². The van der Waals surface area contributed by atoms with Crippen LogP contribution in [0.2, 0.25) is 0 Å². The number of alkyl halides is 3. The van der Waals surface area contributed by atoms with Gasteiger partial charge in [0.1, 0.15) is 5.54 Å². The van der Waals surface area contributed by atoms with E-state index in [9.17, 15) is 23.1 Å². The van der Waals surface area contributed by atoms with E-state index in [1.165, 1.54) is 12.1 Å². The molecule has 0 aliphatic heterocycles. The van der Waals surface area contributed by atoms with Gasteiger partial charge in [-0.15, -0.1) is 0 Å². The summed E-state index contributed by atoms with van der Waals surface area (Å²) >= 11 is 0. The Bertz CT molecular complexity index is 466. The normalized spacial score (nSPS) is 12.8. The first kappa shape index (κ1) is 16.5. The van der Waals surface area contributed by atoms with Gasteiger partial charge in [0.15, 0.2) is 0 Å². The molecule has 112 valence electrons. The molecular weight excluding hydrogens is 271 g/mol. The summed E-state index contributed by atoms with van der Waals surface area (Å²) in [6.07, 6.45) is -4.36. The van der Waals surface area contributed by atoms with Gasteiger partial charge in [0, 0.05) is 6.54 Å². The second kappa shape index (κ2) is 5.83. The van der Waals surface area contributed by atoms with Crippen LogP contribution in [0.5, 0.6) is 0 Å². The molecule has 0 atom stereocenters. The largest absolute Gasteiger partial charge is 0.480 e. The molecule has 0 aromatic heterocycles. The predicted octanol–water partition coefficient (Wildman–Crippen LogP) is 3.39. The van der Waals surface area contributed by atoms with E-state index in [0.29, 0.717) is 12.1 Å². The van der Waals surface area contributed by atoms with Crippen LogP contribution < -0.4 is 0 Å². The van der Waals surface area contributed by atoms with E-state index in [1.54, 1.807) is 18.7 Å². The van der Waals surface area contributed by atoms with Gasteiger partial charge in [0.25, 0.3) is 0 Å². The van der Waals surface area contributed by atoms with Crippen molar-refractivity contribution >= 4 is 5.97 Å². The Labute approximate surface area is 116 Å². The summed E-state index contributed by atoms with van der Waals surface area (Å²) in [7, 11) is 0. The first-order valence-electron chi connectivity index (χ1n) is 6.23. The maximum absolute atomic E-state index is 12.5. The van der Waals surface area contributed by atoms with Gasteiger partial charge in [-0.3, -0.25) is 9.69 Å². The van der Waals surface area contributed by atoms with Crippen LogP contribution in [0.25, 0.3) is 0 Å². The van der Waals surface area contributed by atoms with Gasteiger partial charge >= 0.3 is 12.1 Å². The van der Waals surface area contributed by atoms with Crippen molar-refractivity contribution in [3.8, 4) is 0 Å². The van der Waals surface area contributed by atoms with Crippen LogP contribution in [0.1, 0.15) is 31.9 Å². The smallest absolute Gasteiger partial charge is 0.416 e. The van der Waals surface area contributed by atoms with Crippen molar-refractivity contribution in [3.63, 3.8) is 0 Å². The molecule has 1 aromatic rings. The highest BCUT2D eigenvalue weighted by Crippen LogP contribution is 2.29. The third kappa shape index (κ3) is 3.72. The SMILES string of the molecule is CCN(Cc1ccc(C(F)(F)F)cc1)C(C)(C)C(=O)O. The Hall–Kier alpha value is -1.56. The van der Waals surface area contributed by atoms with E-state index in [-0.39, 0.29) is 6.54 Å². The Kier molecular flexibility index (Phi) is 4.81. The Balaban J connectivity index is 2.89. The highest BCUT2D eigenvalue weighted by Gasteiger charge is 2.34. The molecule has 3 nitrogen and oxygen atoms in total. The summed E-state index contributed by atoms with van der Waals surface area (Å²) < 4.78 is 37.4. The second-order valence-electron chi connectivity index (χ2n) is 5.07.